The third-order valence-electron chi connectivity index (χ3n) is 5.61. The Balaban J connectivity index is 1.49. The largest absolute Gasteiger partial charge is 0.422 e. The van der Waals surface area contributed by atoms with Gasteiger partial charge in [-0.05, 0) is 48.0 Å². The summed E-state index contributed by atoms with van der Waals surface area (Å²) in [4.78, 5) is 26.1. The molecule has 1 aliphatic heterocycles. The second-order valence-electron chi connectivity index (χ2n) is 7.84. The van der Waals surface area contributed by atoms with Crippen molar-refractivity contribution >= 4 is 17.6 Å². The zero-order valence-electron chi connectivity index (χ0n) is 18.3. The summed E-state index contributed by atoms with van der Waals surface area (Å²) in [5.41, 5.74) is 6.65. The summed E-state index contributed by atoms with van der Waals surface area (Å²) in [6, 6.07) is 34.8. The van der Waals surface area contributed by atoms with Crippen molar-refractivity contribution in [2.45, 2.75) is 6.04 Å². The lowest BCUT2D eigenvalue weighted by Gasteiger charge is -2.25. The average Bonchev–Trinajstić information content (AvgIpc) is 3.35. The molecule has 1 heterocycles. The highest BCUT2D eigenvalue weighted by Crippen LogP contribution is 2.35. The van der Waals surface area contributed by atoms with Crippen LogP contribution in [-0.2, 0) is 0 Å². The van der Waals surface area contributed by atoms with Crippen LogP contribution >= 0.6 is 0 Å². The van der Waals surface area contributed by atoms with E-state index in [4.69, 9.17) is 4.74 Å². The third-order valence-corrected chi connectivity index (χ3v) is 5.61. The molecule has 0 aromatic heterocycles. The number of ether oxygens (including phenoxy) is 1. The Morgan fingerprint density at radius 1 is 0.676 bits per heavy atom. The first kappa shape index (κ1) is 21.2. The summed E-state index contributed by atoms with van der Waals surface area (Å²) in [5, 5.41) is 1.61. The highest BCUT2D eigenvalue weighted by molar-refractivity contribution is 5.96. The smallest absolute Gasteiger partial charge is 0.343 e. The van der Waals surface area contributed by atoms with E-state index in [9.17, 15) is 9.59 Å². The maximum Gasteiger partial charge on any atom is 0.343 e. The minimum Gasteiger partial charge on any atom is -0.422 e. The number of rotatable bonds is 5. The first-order valence-electron chi connectivity index (χ1n) is 11.0. The standard InChI is InChI=1S/C29H22N2O3/c32-28(22-14-6-2-7-15-22)31-26(21-12-4-1-5-13-21)20-25(30-31)24-18-10-11-19-27(24)34-29(33)23-16-8-3-9-17-23/h1-20,26,30H/t26-/m1/s1. The van der Waals surface area contributed by atoms with E-state index < -0.39 is 5.97 Å². The first-order valence-corrected chi connectivity index (χ1v) is 11.0. The Bertz CT molecular complexity index is 1340. The van der Waals surface area contributed by atoms with Crippen molar-refractivity contribution in [3.63, 3.8) is 0 Å². The maximum absolute atomic E-state index is 13.4. The van der Waals surface area contributed by atoms with Gasteiger partial charge in [0, 0.05) is 11.1 Å². The van der Waals surface area contributed by atoms with Crippen LogP contribution in [0.4, 0.5) is 0 Å². The van der Waals surface area contributed by atoms with Gasteiger partial charge in [0.2, 0.25) is 0 Å². The number of nitrogens with one attached hydrogen (secondary N) is 1. The van der Waals surface area contributed by atoms with Crippen LogP contribution in [0.15, 0.2) is 121 Å². The van der Waals surface area contributed by atoms with Crippen LogP contribution in [0.1, 0.15) is 37.9 Å². The van der Waals surface area contributed by atoms with Gasteiger partial charge in [0.15, 0.2) is 0 Å². The molecule has 0 unspecified atom stereocenters. The SMILES string of the molecule is O=C(Oc1ccccc1C1=C[C@H](c2ccccc2)N(C(=O)c2ccccc2)N1)c1ccccc1. The number of carbonyl (C=O) groups is 2. The number of nitrogens with zero attached hydrogens (tertiary/aromatic N) is 1. The molecule has 5 heteroatoms. The number of para-hydroxylation sites is 1. The minimum absolute atomic E-state index is 0.153. The van der Waals surface area contributed by atoms with Crippen LogP contribution < -0.4 is 10.2 Å². The molecule has 1 aliphatic rings. The van der Waals surface area contributed by atoms with E-state index in [1.807, 2.05) is 78.9 Å². The molecule has 1 atom stereocenters. The summed E-state index contributed by atoms with van der Waals surface area (Å²) >= 11 is 0. The Hall–Kier alpha value is -4.64. The van der Waals surface area contributed by atoms with Gasteiger partial charge in [-0.15, -0.1) is 0 Å². The van der Waals surface area contributed by atoms with Crippen molar-refractivity contribution in [1.82, 2.24) is 10.4 Å². The van der Waals surface area contributed by atoms with E-state index in [-0.39, 0.29) is 11.9 Å². The zero-order chi connectivity index (χ0) is 23.3. The summed E-state index contributed by atoms with van der Waals surface area (Å²) < 4.78 is 5.74. The Morgan fingerprint density at radius 3 is 1.91 bits per heavy atom. The van der Waals surface area contributed by atoms with Crippen molar-refractivity contribution in [3.05, 3.63) is 144 Å². The van der Waals surface area contributed by atoms with E-state index in [1.54, 1.807) is 47.5 Å². The van der Waals surface area contributed by atoms with Gasteiger partial charge in [-0.1, -0.05) is 78.9 Å². The second-order valence-corrected chi connectivity index (χ2v) is 7.84. The molecular formula is C29H22N2O3. The van der Waals surface area contributed by atoms with Crippen LogP contribution in [-0.4, -0.2) is 16.9 Å². The summed E-state index contributed by atoms with van der Waals surface area (Å²) in [6.45, 7) is 0. The number of carbonyl (C=O) groups excluding carboxylic acids is 2. The molecule has 5 nitrogen and oxygen atoms in total. The predicted octanol–water partition coefficient (Wildman–Crippen LogP) is 5.65. The molecule has 5 rings (SSSR count). The number of benzene rings is 4. The summed E-state index contributed by atoms with van der Waals surface area (Å²) in [7, 11) is 0. The van der Waals surface area contributed by atoms with E-state index in [0.717, 1.165) is 5.56 Å². The van der Waals surface area contributed by atoms with Gasteiger partial charge in [0.25, 0.3) is 5.91 Å². The van der Waals surface area contributed by atoms with Crippen molar-refractivity contribution in [3.8, 4) is 5.75 Å². The summed E-state index contributed by atoms with van der Waals surface area (Å²) in [6.07, 6.45) is 1.98. The summed E-state index contributed by atoms with van der Waals surface area (Å²) in [5.74, 6) is -0.182. The lowest BCUT2D eigenvalue weighted by atomic mass is 10.0. The van der Waals surface area contributed by atoms with Gasteiger partial charge in [0.1, 0.15) is 5.75 Å². The molecule has 34 heavy (non-hydrogen) atoms. The molecule has 0 bridgehead atoms. The number of esters is 1. The zero-order valence-corrected chi connectivity index (χ0v) is 18.3. The van der Waals surface area contributed by atoms with E-state index in [0.29, 0.717) is 28.1 Å². The molecule has 4 aromatic rings. The molecule has 0 fully saturated rings. The predicted molar refractivity (Wildman–Crippen MR) is 131 cm³/mol. The third kappa shape index (κ3) is 4.32. The van der Waals surface area contributed by atoms with Crippen molar-refractivity contribution in [2.24, 2.45) is 0 Å². The molecule has 0 radical (unpaired) electrons. The molecular weight excluding hydrogens is 424 g/mol. The van der Waals surface area contributed by atoms with E-state index >= 15 is 0 Å². The number of amides is 1. The Kier molecular flexibility index (Phi) is 5.91. The van der Waals surface area contributed by atoms with Gasteiger partial charge >= 0.3 is 5.97 Å². The lowest BCUT2D eigenvalue weighted by molar-refractivity contribution is 0.0669. The van der Waals surface area contributed by atoms with Gasteiger partial charge in [-0.2, -0.15) is 0 Å². The molecule has 0 saturated carbocycles. The quantitative estimate of drug-likeness (QED) is 0.318. The van der Waals surface area contributed by atoms with Gasteiger partial charge in [0.05, 0.1) is 17.3 Å². The fourth-order valence-corrected chi connectivity index (χ4v) is 3.92. The van der Waals surface area contributed by atoms with Crippen LogP contribution in [0.25, 0.3) is 5.70 Å². The van der Waals surface area contributed by atoms with Gasteiger partial charge in [-0.3, -0.25) is 10.2 Å². The number of hydrazine groups is 1. The molecule has 0 saturated heterocycles. The second kappa shape index (κ2) is 9.46. The maximum atomic E-state index is 13.4. The molecule has 1 N–H and O–H groups in total. The van der Waals surface area contributed by atoms with Crippen LogP contribution in [0.5, 0.6) is 5.75 Å². The normalized spacial score (nSPS) is 14.8. The van der Waals surface area contributed by atoms with Gasteiger partial charge < -0.3 is 4.74 Å². The Labute approximate surface area is 197 Å². The molecule has 0 aliphatic carbocycles. The van der Waals surface area contributed by atoms with Crippen LogP contribution in [0.2, 0.25) is 0 Å². The fraction of sp³-hybridized carbons (Fsp3) is 0.0345. The molecule has 4 aromatic carbocycles. The van der Waals surface area contributed by atoms with Crippen molar-refractivity contribution in [1.29, 1.82) is 0 Å². The van der Waals surface area contributed by atoms with Crippen LogP contribution in [0, 0.1) is 0 Å². The minimum atomic E-state index is -0.441. The number of hydrogen-bond acceptors (Lipinski definition) is 4. The van der Waals surface area contributed by atoms with E-state index in [1.165, 1.54) is 0 Å². The van der Waals surface area contributed by atoms with Crippen molar-refractivity contribution in [2.75, 3.05) is 0 Å². The van der Waals surface area contributed by atoms with Crippen LogP contribution in [0.3, 0.4) is 0 Å². The van der Waals surface area contributed by atoms with E-state index in [2.05, 4.69) is 5.43 Å². The monoisotopic (exact) mass is 446 g/mol. The highest BCUT2D eigenvalue weighted by Gasteiger charge is 2.32. The first-order chi connectivity index (χ1) is 16.7. The fourth-order valence-electron chi connectivity index (χ4n) is 3.92. The molecule has 0 spiro atoms. The van der Waals surface area contributed by atoms with Gasteiger partial charge in [-0.25, -0.2) is 9.80 Å². The highest BCUT2D eigenvalue weighted by atomic mass is 16.5. The van der Waals surface area contributed by atoms with Crippen molar-refractivity contribution < 1.29 is 14.3 Å². The molecule has 166 valence electrons. The lowest BCUT2D eigenvalue weighted by Crippen LogP contribution is -2.39. The molecule has 1 amide bonds. The Morgan fingerprint density at radius 2 is 1.24 bits per heavy atom. The topological polar surface area (TPSA) is 58.6 Å². The number of hydrogen-bond donors (Lipinski definition) is 1. The average molecular weight is 447 g/mol.